The van der Waals surface area contributed by atoms with Crippen LogP contribution in [0.15, 0.2) is 109 Å². The molecule has 0 aliphatic rings. The van der Waals surface area contributed by atoms with E-state index < -0.39 is 6.10 Å². The number of carbonyl (C=O) groups is 3. The minimum atomic E-state index is -0.831. The highest BCUT2D eigenvalue weighted by atomic mass is 16.6. The summed E-state index contributed by atoms with van der Waals surface area (Å²) >= 11 is 0. The summed E-state index contributed by atoms with van der Waals surface area (Å²) in [5.41, 5.74) is 0. The van der Waals surface area contributed by atoms with Crippen molar-refractivity contribution >= 4 is 17.9 Å². The van der Waals surface area contributed by atoms with Crippen LogP contribution in [0.4, 0.5) is 0 Å². The summed E-state index contributed by atoms with van der Waals surface area (Å²) in [7, 11) is 0. The molecule has 0 radical (unpaired) electrons. The molecule has 0 bridgehead atoms. The molecule has 6 heteroatoms. The summed E-state index contributed by atoms with van der Waals surface area (Å²) in [5.74, 6) is -1.03. The number of hydrogen-bond donors (Lipinski definition) is 0. The van der Waals surface area contributed by atoms with Gasteiger partial charge in [-0.15, -0.1) is 0 Å². The largest absolute Gasteiger partial charge is 0.462 e. The summed E-state index contributed by atoms with van der Waals surface area (Å²) in [6.07, 6.45) is 82.4. The van der Waals surface area contributed by atoms with E-state index in [-0.39, 0.29) is 44.0 Å². The molecule has 0 aliphatic carbocycles. The minimum Gasteiger partial charge on any atom is -0.462 e. The van der Waals surface area contributed by atoms with Crippen molar-refractivity contribution in [1.29, 1.82) is 0 Å². The van der Waals surface area contributed by atoms with E-state index in [2.05, 4.69) is 130 Å². The van der Waals surface area contributed by atoms with Gasteiger partial charge in [-0.3, -0.25) is 14.4 Å². The van der Waals surface area contributed by atoms with E-state index in [1.165, 1.54) is 148 Å². The average Bonchev–Trinajstić information content (AvgIpc) is 3.39. The highest BCUT2D eigenvalue weighted by Gasteiger charge is 2.19. The lowest BCUT2D eigenvalue weighted by molar-refractivity contribution is -0.167. The Morgan fingerprint density at radius 3 is 0.904 bits per heavy atom. The van der Waals surface area contributed by atoms with Crippen molar-refractivity contribution in [3.63, 3.8) is 0 Å². The second kappa shape index (κ2) is 60.6. The summed E-state index contributed by atoms with van der Waals surface area (Å²) in [6, 6.07) is 0. The third-order valence-corrected chi connectivity index (χ3v) is 12.7. The maximum absolute atomic E-state index is 12.9. The first-order valence-electron chi connectivity index (χ1n) is 30.4. The molecule has 6 nitrogen and oxygen atoms in total. The molecule has 0 aromatic carbocycles. The standard InChI is InChI=1S/C67H112O6/c1-4-7-10-13-16-19-22-25-28-31-32-33-34-37-39-42-45-48-51-54-57-60-66(69)72-63-64(73-67(70)61-58-55-52-49-46-43-40-36-30-27-24-21-18-15-12-9-6-3)62-71-65(68)59-56-53-50-47-44-41-38-35-29-26-23-20-17-14-11-8-5-2/h9,12,18,21,25-30,38,40-41,43,47,49-50,52,64H,4-8,10-11,13-17,19-20,22-24,31-37,39,42,44-46,48,51,53-63H2,1-3H3/b12-9-,21-18-,28-25-,29-26-,30-27-,41-38-,43-40-,50-47-,52-49-/t64-/m0/s1. The van der Waals surface area contributed by atoms with Crippen molar-refractivity contribution in [2.75, 3.05) is 13.2 Å². The van der Waals surface area contributed by atoms with Gasteiger partial charge in [-0.2, -0.15) is 0 Å². The van der Waals surface area contributed by atoms with Gasteiger partial charge in [0.25, 0.3) is 0 Å². The molecule has 0 fully saturated rings. The zero-order valence-electron chi connectivity index (χ0n) is 47.6. The number of allylic oxidation sites excluding steroid dienone is 18. The maximum Gasteiger partial charge on any atom is 0.306 e. The topological polar surface area (TPSA) is 78.9 Å². The fraction of sp³-hybridized carbons (Fsp3) is 0.687. The Bertz CT molecular complexity index is 1490. The van der Waals surface area contributed by atoms with Gasteiger partial charge in [0.2, 0.25) is 0 Å². The lowest BCUT2D eigenvalue weighted by Crippen LogP contribution is -2.30. The molecule has 0 aromatic heterocycles. The Kier molecular flexibility index (Phi) is 57.4. The molecule has 0 heterocycles. The smallest absolute Gasteiger partial charge is 0.306 e. The number of rotatable bonds is 54. The third kappa shape index (κ3) is 58.8. The summed E-state index contributed by atoms with van der Waals surface area (Å²) in [5, 5.41) is 0. The van der Waals surface area contributed by atoms with E-state index in [1.807, 2.05) is 0 Å². The van der Waals surface area contributed by atoms with Crippen LogP contribution in [0.1, 0.15) is 278 Å². The van der Waals surface area contributed by atoms with Crippen LogP contribution in [0.3, 0.4) is 0 Å². The molecule has 0 rings (SSSR count). The number of unbranched alkanes of at least 4 members (excludes halogenated alkanes) is 25. The first-order valence-corrected chi connectivity index (χ1v) is 30.4. The Hall–Kier alpha value is -3.93. The van der Waals surface area contributed by atoms with Gasteiger partial charge in [0, 0.05) is 19.3 Å². The zero-order chi connectivity index (χ0) is 52.9. The maximum atomic E-state index is 12.9. The van der Waals surface area contributed by atoms with Crippen LogP contribution in [0.2, 0.25) is 0 Å². The van der Waals surface area contributed by atoms with E-state index >= 15 is 0 Å². The van der Waals surface area contributed by atoms with Gasteiger partial charge in [-0.25, -0.2) is 0 Å². The highest BCUT2D eigenvalue weighted by Crippen LogP contribution is 2.15. The number of hydrogen-bond acceptors (Lipinski definition) is 6. The molecule has 73 heavy (non-hydrogen) atoms. The first-order chi connectivity index (χ1) is 36.0. The molecular formula is C67H112O6. The molecule has 0 saturated heterocycles. The van der Waals surface area contributed by atoms with Crippen molar-refractivity contribution in [3.05, 3.63) is 109 Å². The van der Waals surface area contributed by atoms with E-state index in [0.717, 1.165) is 77.0 Å². The number of carbonyl (C=O) groups excluding carboxylic acids is 3. The van der Waals surface area contributed by atoms with E-state index in [1.54, 1.807) is 0 Å². The molecule has 0 spiro atoms. The average molecular weight is 1010 g/mol. The van der Waals surface area contributed by atoms with Crippen LogP contribution in [0.25, 0.3) is 0 Å². The predicted octanol–water partition coefficient (Wildman–Crippen LogP) is 20.7. The SMILES string of the molecule is CC/C=C\C/C=C\C/C=C\C/C=C\C/C=C\CCCC(=O)O[C@@H](COC(=O)CCC/C=C\C/C=C\C/C=C\CCCCCCCC)COC(=O)CCCCCCCCCCCCC/C=C\CCCCCCCC. The minimum absolute atomic E-state index is 0.117. The summed E-state index contributed by atoms with van der Waals surface area (Å²) in [4.78, 5) is 38.2. The molecule has 0 N–H and O–H groups in total. The van der Waals surface area contributed by atoms with Crippen LogP contribution < -0.4 is 0 Å². The molecule has 1 atom stereocenters. The van der Waals surface area contributed by atoms with E-state index in [0.29, 0.717) is 19.3 Å². The van der Waals surface area contributed by atoms with Crippen LogP contribution in [-0.4, -0.2) is 37.2 Å². The van der Waals surface area contributed by atoms with Crippen LogP contribution in [0, 0.1) is 0 Å². The van der Waals surface area contributed by atoms with Crippen molar-refractivity contribution in [1.82, 2.24) is 0 Å². The van der Waals surface area contributed by atoms with Crippen molar-refractivity contribution < 1.29 is 28.6 Å². The molecule has 0 aliphatic heterocycles. The molecule has 0 amide bonds. The lowest BCUT2D eigenvalue weighted by atomic mass is 10.0. The van der Waals surface area contributed by atoms with Gasteiger partial charge >= 0.3 is 17.9 Å². The number of ether oxygens (including phenoxy) is 3. The van der Waals surface area contributed by atoms with Gasteiger partial charge in [-0.1, -0.05) is 252 Å². The van der Waals surface area contributed by atoms with Crippen molar-refractivity contribution in [2.24, 2.45) is 0 Å². The first kappa shape index (κ1) is 69.1. The van der Waals surface area contributed by atoms with Gasteiger partial charge in [0.15, 0.2) is 6.10 Å². The fourth-order valence-electron chi connectivity index (χ4n) is 8.20. The third-order valence-electron chi connectivity index (χ3n) is 12.7. The van der Waals surface area contributed by atoms with Crippen molar-refractivity contribution in [3.8, 4) is 0 Å². The second-order valence-electron chi connectivity index (χ2n) is 19.9. The van der Waals surface area contributed by atoms with Crippen LogP contribution >= 0.6 is 0 Å². The van der Waals surface area contributed by atoms with Gasteiger partial charge in [0.1, 0.15) is 13.2 Å². The van der Waals surface area contributed by atoms with Crippen LogP contribution in [0.5, 0.6) is 0 Å². The highest BCUT2D eigenvalue weighted by molar-refractivity contribution is 5.71. The fourth-order valence-corrected chi connectivity index (χ4v) is 8.20. The molecule has 416 valence electrons. The Morgan fingerprint density at radius 1 is 0.288 bits per heavy atom. The summed E-state index contributed by atoms with van der Waals surface area (Å²) in [6.45, 7) is 6.44. The second-order valence-corrected chi connectivity index (χ2v) is 19.9. The Balaban J connectivity index is 4.50. The Morgan fingerprint density at radius 2 is 0.548 bits per heavy atom. The van der Waals surface area contributed by atoms with Crippen LogP contribution in [-0.2, 0) is 28.6 Å². The molecular weight excluding hydrogens is 901 g/mol. The normalized spacial score (nSPS) is 12.9. The predicted molar refractivity (Wildman–Crippen MR) is 316 cm³/mol. The molecule has 0 unspecified atom stereocenters. The number of esters is 3. The van der Waals surface area contributed by atoms with Gasteiger partial charge < -0.3 is 14.2 Å². The monoisotopic (exact) mass is 1010 g/mol. The summed E-state index contributed by atoms with van der Waals surface area (Å²) < 4.78 is 16.8. The van der Waals surface area contributed by atoms with Crippen molar-refractivity contribution in [2.45, 2.75) is 284 Å². The lowest BCUT2D eigenvalue weighted by Gasteiger charge is -2.18. The zero-order valence-corrected chi connectivity index (χ0v) is 47.6. The molecule has 0 aromatic rings. The quantitative estimate of drug-likeness (QED) is 0.0261. The van der Waals surface area contributed by atoms with E-state index in [9.17, 15) is 14.4 Å². The van der Waals surface area contributed by atoms with Gasteiger partial charge in [-0.05, 0) is 116 Å². The molecule has 0 saturated carbocycles. The Labute approximate surface area is 450 Å². The van der Waals surface area contributed by atoms with E-state index in [4.69, 9.17) is 14.2 Å². The van der Waals surface area contributed by atoms with Gasteiger partial charge in [0.05, 0.1) is 0 Å².